The minimum absolute atomic E-state index is 0.386. The van der Waals surface area contributed by atoms with Gasteiger partial charge in [0, 0.05) is 6.67 Å². The topological polar surface area (TPSA) is 24.1 Å². The Kier molecular flexibility index (Phi) is 5.45. The van der Waals surface area contributed by atoms with Gasteiger partial charge in [-0.05, 0) is 11.6 Å². The van der Waals surface area contributed by atoms with Crippen molar-refractivity contribution in [3.05, 3.63) is 12.3 Å². The number of hydrogen-bond acceptors (Lipinski definition) is 2. The van der Waals surface area contributed by atoms with Gasteiger partial charge in [-0.15, -0.1) is 6.58 Å². The fraction of sp³-hybridized carbons (Fsp3) is 0.778. The number of hydrogen-bond donors (Lipinski definition) is 2. The Morgan fingerprint density at radius 2 is 2.00 bits per heavy atom. The lowest BCUT2D eigenvalue weighted by Crippen LogP contribution is -2.44. The summed E-state index contributed by atoms with van der Waals surface area (Å²) in [4.78, 5) is 3.52. The molecule has 0 aromatic rings. The SMILES string of the molecule is C=C[SiH](NCNCC)C(C)(C)C. The predicted molar refractivity (Wildman–Crippen MR) is 58.7 cm³/mol. The molecule has 72 valence electrons. The molecule has 1 atom stereocenters. The number of nitrogens with one attached hydrogen (secondary N) is 2. The van der Waals surface area contributed by atoms with Crippen LogP contribution in [0.25, 0.3) is 0 Å². The third-order valence-electron chi connectivity index (χ3n) is 1.87. The van der Waals surface area contributed by atoms with Gasteiger partial charge in [0.2, 0.25) is 0 Å². The van der Waals surface area contributed by atoms with Gasteiger partial charge in [-0.3, -0.25) is 0 Å². The molecule has 0 radical (unpaired) electrons. The Labute approximate surface area is 78.1 Å². The van der Waals surface area contributed by atoms with E-state index < -0.39 is 8.96 Å². The molecule has 0 aromatic heterocycles. The van der Waals surface area contributed by atoms with Crippen LogP contribution in [0.3, 0.4) is 0 Å². The molecule has 0 saturated carbocycles. The fourth-order valence-corrected chi connectivity index (χ4v) is 2.90. The van der Waals surface area contributed by atoms with Gasteiger partial charge in [-0.25, -0.2) is 0 Å². The van der Waals surface area contributed by atoms with E-state index in [-0.39, 0.29) is 0 Å². The summed E-state index contributed by atoms with van der Waals surface area (Å²) in [6, 6.07) is 0. The molecule has 0 spiro atoms. The molecule has 0 amide bonds. The van der Waals surface area contributed by atoms with Crippen LogP contribution in [0.15, 0.2) is 12.3 Å². The molecule has 0 aliphatic heterocycles. The summed E-state index contributed by atoms with van der Waals surface area (Å²) in [5.41, 5.74) is 2.11. The van der Waals surface area contributed by atoms with E-state index >= 15 is 0 Å². The maximum absolute atomic E-state index is 3.88. The van der Waals surface area contributed by atoms with Gasteiger partial charge >= 0.3 is 0 Å². The van der Waals surface area contributed by atoms with Crippen molar-refractivity contribution in [1.29, 1.82) is 0 Å². The average Bonchev–Trinajstić information content (AvgIpc) is 1.95. The van der Waals surface area contributed by atoms with Crippen LogP contribution in [-0.4, -0.2) is 22.2 Å². The lowest BCUT2D eigenvalue weighted by atomic mass is 10.3. The summed E-state index contributed by atoms with van der Waals surface area (Å²) in [6.07, 6.45) is 0. The van der Waals surface area contributed by atoms with Gasteiger partial charge in [-0.2, -0.15) is 0 Å². The molecular formula is C9H22N2Si. The van der Waals surface area contributed by atoms with E-state index in [1.807, 2.05) is 0 Å². The van der Waals surface area contributed by atoms with E-state index in [2.05, 4.69) is 50.3 Å². The molecule has 12 heavy (non-hydrogen) atoms. The maximum atomic E-state index is 3.88. The number of rotatable bonds is 5. The van der Waals surface area contributed by atoms with Crippen molar-refractivity contribution >= 4 is 8.96 Å². The zero-order chi connectivity index (χ0) is 9.61. The van der Waals surface area contributed by atoms with Crippen molar-refractivity contribution < 1.29 is 0 Å². The Balaban J connectivity index is 3.76. The minimum atomic E-state index is -0.981. The molecule has 0 rings (SSSR count). The van der Waals surface area contributed by atoms with E-state index in [0.29, 0.717) is 5.04 Å². The van der Waals surface area contributed by atoms with Gasteiger partial charge in [-0.1, -0.05) is 33.4 Å². The molecule has 0 aromatic carbocycles. The van der Waals surface area contributed by atoms with Crippen LogP contribution < -0.4 is 10.3 Å². The van der Waals surface area contributed by atoms with Gasteiger partial charge in [0.05, 0.1) is 0 Å². The van der Waals surface area contributed by atoms with Crippen molar-refractivity contribution in [3.63, 3.8) is 0 Å². The van der Waals surface area contributed by atoms with Crippen molar-refractivity contribution in [2.45, 2.75) is 32.7 Å². The summed E-state index contributed by atoms with van der Waals surface area (Å²) in [5, 5.41) is 3.65. The molecule has 2 N–H and O–H groups in total. The summed E-state index contributed by atoms with van der Waals surface area (Å²) in [5.74, 6) is 0. The highest BCUT2D eigenvalue weighted by molar-refractivity contribution is 6.64. The van der Waals surface area contributed by atoms with Gasteiger partial charge in [0.25, 0.3) is 0 Å². The van der Waals surface area contributed by atoms with Crippen molar-refractivity contribution in [2.24, 2.45) is 0 Å². The van der Waals surface area contributed by atoms with E-state index in [0.717, 1.165) is 13.2 Å². The predicted octanol–water partition coefficient (Wildman–Crippen LogP) is 1.39. The van der Waals surface area contributed by atoms with Crippen LogP contribution in [0.1, 0.15) is 27.7 Å². The molecule has 0 bridgehead atoms. The van der Waals surface area contributed by atoms with Crippen LogP contribution in [0.2, 0.25) is 5.04 Å². The van der Waals surface area contributed by atoms with Gasteiger partial charge in [0.1, 0.15) is 8.96 Å². The minimum Gasteiger partial charge on any atom is -0.324 e. The van der Waals surface area contributed by atoms with Crippen molar-refractivity contribution in [2.75, 3.05) is 13.2 Å². The second kappa shape index (κ2) is 5.51. The highest BCUT2D eigenvalue weighted by Gasteiger charge is 2.22. The molecule has 0 aliphatic carbocycles. The largest absolute Gasteiger partial charge is 0.324 e. The first kappa shape index (κ1) is 11.9. The molecule has 1 unspecified atom stereocenters. The second-order valence-electron chi connectivity index (χ2n) is 4.06. The second-order valence-corrected chi connectivity index (χ2v) is 7.63. The quantitative estimate of drug-likeness (QED) is 0.385. The van der Waals surface area contributed by atoms with E-state index in [9.17, 15) is 0 Å². The van der Waals surface area contributed by atoms with Crippen molar-refractivity contribution in [1.82, 2.24) is 10.3 Å². The fourth-order valence-electron chi connectivity index (χ4n) is 1.05. The first-order valence-electron chi connectivity index (χ1n) is 4.59. The summed E-state index contributed by atoms with van der Waals surface area (Å²) in [7, 11) is -0.981. The molecule has 0 saturated heterocycles. The van der Waals surface area contributed by atoms with Gasteiger partial charge in [0.15, 0.2) is 0 Å². The van der Waals surface area contributed by atoms with Gasteiger partial charge < -0.3 is 10.3 Å². The van der Waals surface area contributed by atoms with E-state index in [1.54, 1.807) is 0 Å². The first-order chi connectivity index (χ1) is 5.52. The van der Waals surface area contributed by atoms with Crippen LogP contribution >= 0.6 is 0 Å². The standard InChI is InChI=1S/C9H22N2Si/c1-6-10-8-11-12(7-2)9(3,4)5/h7,10-12H,2,6,8H2,1,3-5H3. The van der Waals surface area contributed by atoms with E-state index in [1.165, 1.54) is 0 Å². The third kappa shape index (κ3) is 4.69. The maximum Gasteiger partial charge on any atom is 0.139 e. The lowest BCUT2D eigenvalue weighted by molar-refractivity contribution is 0.662. The first-order valence-corrected chi connectivity index (χ1v) is 6.41. The summed E-state index contributed by atoms with van der Waals surface area (Å²) < 4.78 is 0. The average molecular weight is 186 g/mol. The Morgan fingerprint density at radius 3 is 2.33 bits per heavy atom. The third-order valence-corrected chi connectivity index (χ3v) is 4.85. The summed E-state index contributed by atoms with van der Waals surface area (Å²) in [6.45, 7) is 14.7. The van der Waals surface area contributed by atoms with E-state index in [4.69, 9.17) is 0 Å². The lowest BCUT2D eigenvalue weighted by Gasteiger charge is -2.27. The zero-order valence-corrected chi connectivity index (χ0v) is 9.93. The normalized spacial score (nSPS) is 14.3. The molecule has 3 heteroatoms. The molecule has 0 heterocycles. The van der Waals surface area contributed by atoms with Crippen LogP contribution in [-0.2, 0) is 0 Å². The Hall–Kier alpha value is -0.123. The zero-order valence-electron chi connectivity index (χ0n) is 8.78. The Morgan fingerprint density at radius 1 is 1.42 bits per heavy atom. The smallest absolute Gasteiger partial charge is 0.139 e. The van der Waals surface area contributed by atoms with Crippen molar-refractivity contribution in [3.8, 4) is 0 Å². The van der Waals surface area contributed by atoms with Crippen LogP contribution in [0.4, 0.5) is 0 Å². The van der Waals surface area contributed by atoms with Crippen LogP contribution in [0.5, 0.6) is 0 Å². The molecular weight excluding hydrogens is 164 g/mol. The highest BCUT2D eigenvalue weighted by atomic mass is 28.3. The molecule has 2 nitrogen and oxygen atoms in total. The van der Waals surface area contributed by atoms with Crippen LogP contribution in [0, 0.1) is 0 Å². The Bertz CT molecular complexity index is 129. The molecule has 0 fully saturated rings. The highest BCUT2D eigenvalue weighted by Crippen LogP contribution is 2.25. The monoisotopic (exact) mass is 186 g/mol. The molecule has 0 aliphatic rings. The summed E-state index contributed by atoms with van der Waals surface area (Å²) >= 11 is 0.